The van der Waals surface area contributed by atoms with Crippen LogP contribution in [0.4, 0.5) is 0 Å². The third kappa shape index (κ3) is 55.5. The number of carbonyl (C=O) groups excluding carboxylic acids is 2. The van der Waals surface area contributed by atoms with Gasteiger partial charge in [0.2, 0.25) is 0 Å². The minimum Gasteiger partial charge on any atom is -0.756 e. The van der Waals surface area contributed by atoms with E-state index in [1.54, 1.807) is 0 Å². The molecule has 0 fully saturated rings. The summed E-state index contributed by atoms with van der Waals surface area (Å²) < 4.78 is 34.2. The maximum absolute atomic E-state index is 12.8. The molecule has 10 heteroatoms. The molecule has 70 heavy (non-hydrogen) atoms. The maximum Gasteiger partial charge on any atom is 0.306 e. The largest absolute Gasteiger partial charge is 0.756 e. The van der Waals surface area contributed by atoms with E-state index in [0.717, 1.165) is 57.8 Å². The van der Waals surface area contributed by atoms with E-state index in [-0.39, 0.29) is 32.0 Å². The van der Waals surface area contributed by atoms with Gasteiger partial charge in [-0.3, -0.25) is 14.2 Å². The second kappa shape index (κ2) is 52.1. The third-order valence-electron chi connectivity index (χ3n) is 13.2. The smallest absolute Gasteiger partial charge is 0.306 e. The van der Waals surface area contributed by atoms with E-state index in [1.807, 2.05) is 21.1 Å². The van der Waals surface area contributed by atoms with Gasteiger partial charge in [0.1, 0.15) is 19.8 Å². The molecule has 0 spiro atoms. The van der Waals surface area contributed by atoms with Crippen LogP contribution in [0.3, 0.4) is 0 Å². The fourth-order valence-corrected chi connectivity index (χ4v) is 9.28. The van der Waals surface area contributed by atoms with Crippen molar-refractivity contribution in [2.45, 2.75) is 290 Å². The number of phosphoric acid groups is 1. The Morgan fingerprint density at radius 2 is 0.771 bits per heavy atom. The number of carbonyl (C=O) groups is 2. The molecule has 0 aliphatic heterocycles. The molecule has 0 bridgehead atoms. The van der Waals surface area contributed by atoms with Crippen molar-refractivity contribution < 1.29 is 42.1 Å². The Bertz CT molecular complexity index is 1280. The van der Waals surface area contributed by atoms with Crippen molar-refractivity contribution in [2.75, 3.05) is 47.5 Å². The normalized spacial score (nSPS) is 13.5. The topological polar surface area (TPSA) is 111 Å². The number of phosphoric ester groups is 1. The average molecular weight is 1010 g/mol. The average Bonchev–Trinajstić information content (AvgIpc) is 3.32. The van der Waals surface area contributed by atoms with Crippen molar-refractivity contribution in [1.82, 2.24) is 0 Å². The van der Waals surface area contributed by atoms with Gasteiger partial charge in [0.05, 0.1) is 27.7 Å². The number of allylic oxidation sites excluding steroid dienone is 6. The molecule has 0 N–H and O–H groups in total. The fourth-order valence-electron chi connectivity index (χ4n) is 8.55. The molecule has 0 aliphatic rings. The fraction of sp³-hybridized carbons (Fsp3) is 0.867. The van der Waals surface area contributed by atoms with Gasteiger partial charge in [0.25, 0.3) is 7.82 Å². The van der Waals surface area contributed by atoms with Crippen molar-refractivity contribution in [3.63, 3.8) is 0 Å². The molecule has 0 radical (unpaired) electrons. The van der Waals surface area contributed by atoms with Crippen molar-refractivity contribution in [1.29, 1.82) is 0 Å². The van der Waals surface area contributed by atoms with Gasteiger partial charge in [-0.15, -0.1) is 0 Å². The highest BCUT2D eigenvalue weighted by molar-refractivity contribution is 7.45. The Morgan fingerprint density at radius 1 is 0.443 bits per heavy atom. The molecular formula is C60H114NO8P. The summed E-state index contributed by atoms with van der Waals surface area (Å²) in [5.41, 5.74) is 0. The first-order chi connectivity index (χ1) is 34.0. The summed E-state index contributed by atoms with van der Waals surface area (Å²) in [6.07, 6.45) is 63.3. The highest BCUT2D eigenvalue weighted by Gasteiger charge is 2.22. The van der Waals surface area contributed by atoms with Crippen LogP contribution < -0.4 is 4.89 Å². The highest BCUT2D eigenvalue weighted by Crippen LogP contribution is 2.38. The molecule has 0 saturated carbocycles. The number of esters is 2. The molecule has 0 aromatic rings. The third-order valence-corrected chi connectivity index (χ3v) is 14.1. The van der Waals surface area contributed by atoms with E-state index in [2.05, 4.69) is 50.3 Å². The predicted octanol–water partition coefficient (Wildman–Crippen LogP) is 17.7. The lowest BCUT2D eigenvalue weighted by Gasteiger charge is -2.28. The quantitative estimate of drug-likeness (QED) is 0.0195. The number of likely N-dealkylation sites (N-methyl/N-ethyl adjacent to an activating group) is 1. The molecule has 0 amide bonds. The predicted molar refractivity (Wildman–Crippen MR) is 296 cm³/mol. The second-order valence-corrected chi connectivity index (χ2v) is 22.8. The zero-order valence-electron chi connectivity index (χ0n) is 46.7. The van der Waals surface area contributed by atoms with Crippen LogP contribution in [-0.4, -0.2) is 70.0 Å². The Hall–Kier alpha value is -1.77. The number of hydrogen-bond donors (Lipinski definition) is 0. The summed E-state index contributed by atoms with van der Waals surface area (Å²) in [5, 5.41) is 0. The van der Waals surface area contributed by atoms with Crippen LogP contribution in [0.1, 0.15) is 284 Å². The van der Waals surface area contributed by atoms with Gasteiger partial charge in [-0.05, 0) is 51.4 Å². The monoisotopic (exact) mass is 1010 g/mol. The lowest BCUT2D eigenvalue weighted by molar-refractivity contribution is -0.870. The first kappa shape index (κ1) is 68.2. The van der Waals surface area contributed by atoms with Gasteiger partial charge in [-0.2, -0.15) is 0 Å². The summed E-state index contributed by atoms with van der Waals surface area (Å²) in [7, 11) is 1.17. The Labute approximate surface area is 433 Å². The minimum atomic E-state index is -4.64. The first-order valence-corrected chi connectivity index (χ1v) is 31.2. The van der Waals surface area contributed by atoms with Gasteiger partial charge < -0.3 is 27.9 Å². The molecule has 9 nitrogen and oxygen atoms in total. The van der Waals surface area contributed by atoms with Gasteiger partial charge in [-0.1, -0.05) is 256 Å². The Balaban J connectivity index is 4.15. The van der Waals surface area contributed by atoms with Gasteiger partial charge in [0, 0.05) is 12.8 Å². The number of ether oxygens (including phenoxy) is 2. The number of rotatable bonds is 55. The minimum absolute atomic E-state index is 0.0311. The van der Waals surface area contributed by atoms with E-state index in [9.17, 15) is 19.0 Å². The van der Waals surface area contributed by atoms with Crippen LogP contribution in [0.15, 0.2) is 36.5 Å². The van der Waals surface area contributed by atoms with Gasteiger partial charge in [0.15, 0.2) is 6.10 Å². The molecule has 412 valence electrons. The molecule has 2 unspecified atom stereocenters. The molecule has 0 saturated heterocycles. The molecule has 0 aliphatic carbocycles. The van der Waals surface area contributed by atoms with Crippen LogP contribution in [0, 0.1) is 0 Å². The van der Waals surface area contributed by atoms with Crippen molar-refractivity contribution in [2.24, 2.45) is 0 Å². The molecular weight excluding hydrogens is 894 g/mol. The molecule has 2 atom stereocenters. The SMILES string of the molecule is CCCCCCC/C=C\C/C=C\C/C=C\CCCCCCCCCCC(=O)OC(COC(=O)CCCCCCCCCCCCCCCCCCCCCCCCC)COP(=O)([O-])OCC[N+](C)(C)C. The van der Waals surface area contributed by atoms with Gasteiger partial charge >= 0.3 is 11.9 Å². The van der Waals surface area contributed by atoms with E-state index < -0.39 is 26.5 Å². The van der Waals surface area contributed by atoms with E-state index in [0.29, 0.717) is 17.4 Å². The molecule has 0 rings (SSSR count). The van der Waals surface area contributed by atoms with Crippen LogP contribution in [0.25, 0.3) is 0 Å². The zero-order valence-corrected chi connectivity index (χ0v) is 47.6. The number of quaternary nitrogens is 1. The summed E-state index contributed by atoms with van der Waals surface area (Å²) in [4.78, 5) is 37.9. The van der Waals surface area contributed by atoms with Crippen molar-refractivity contribution in [3.8, 4) is 0 Å². The van der Waals surface area contributed by atoms with Gasteiger partial charge in [-0.25, -0.2) is 0 Å². The zero-order chi connectivity index (χ0) is 51.3. The summed E-state index contributed by atoms with van der Waals surface area (Å²) in [6, 6.07) is 0. The summed E-state index contributed by atoms with van der Waals surface area (Å²) in [6.45, 7) is 4.26. The number of unbranched alkanes of at least 4 members (excludes halogenated alkanes) is 35. The standard InChI is InChI=1S/C60H114NO8P/c1-6-8-10-12-14-16-18-20-22-24-26-28-30-32-34-36-38-40-42-44-46-48-50-52-59(62)66-56-58(57-68-70(64,65)67-55-54-61(3,4)5)69-60(63)53-51-49-47-45-43-41-39-37-35-33-31-29-27-25-23-21-19-17-15-13-11-9-7-2/h19,21,25,27,31,33,58H,6-18,20,22-24,26,28-30,32,34-57H2,1-5H3/b21-19-,27-25-,33-31-. The van der Waals surface area contributed by atoms with Crippen LogP contribution in [-0.2, 0) is 32.7 Å². The van der Waals surface area contributed by atoms with Crippen LogP contribution in [0.2, 0.25) is 0 Å². The number of hydrogen-bond acceptors (Lipinski definition) is 8. The lowest BCUT2D eigenvalue weighted by Crippen LogP contribution is -2.37. The van der Waals surface area contributed by atoms with E-state index >= 15 is 0 Å². The van der Waals surface area contributed by atoms with Crippen LogP contribution in [0.5, 0.6) is 0 Å². The van der Waals surface area contributed by atoms with E-state index in [4.69, 9.17) is 18.5 Å². The number of nitrogens with zero attached hydrogens (tertiary/aromatic N) is 1. The highest BCUT2D eigenvalue weighted by atomic mass is 31.2. The molecule has 0 heterocycles. The second-order valence-electron chi connectivity index (χ2n) is 21.4. The Morgan fingerprint density at radius 3 is 1.14 bits per heavy atom. The first-order valence-electron chi connectivity index (χ1n) is 29.7. The Kier molecular flexibility index (Phi) is 50.8. The van der Waals surface area contributed by atoms with Crippen LogP contribution >= 0.6 is 7.82 Å². The lowest BCUT2D eigenvalue weighted by atomic mass is 10.0. The molecule has 0 aromatic carbocycles. The maximum atomic E-state index is 12.8. The summed E-state index contributed by atoms with van der Waals surface area (Å²) in [5.74, 6) is -0.828. The van der Waals surface area contributed by atoms with Crippen molar-refractivity contribution in [3.05, 3.63) is 36.5 Å². The summed E-state index contributed by atoms with van der Waals surface area (Å²) >= 11 is 0. The van der Waals surface area contributed by atoms with E-state index in [1.165, 1.54) is 193 Å². The molecule has 0 aromatic heterocycles. The van der Waals surface area contributed by atoms with Crippen molar-refractivity contribution >= 4 is 19.8 Å².